The monoisotopic (exact) mass is 317 g/mol. The van der Waals surface area contributed by atoms with E-state index in [-0.39, 0.29) is 5.91 Å². The lowest BCUT2D eigenvalue weighted by atomic mass is 9.99. The van der Waals surface area contributed by atoms with Gasteiger partial charge in [-0.2, -0.15) is 0 Å². The summed E-state index contributed by atoms with van der Waals surface area (Å²) in [5.74, 6) is 0.521. The quantitative estimate of drug-likeness (QED) is 0.719. The number of anilines is 1. The number of amides is 1. The van der Waals surface area contributed by atoms with Crippen LogP contribution in [0.15, 0.2) is 78.9 Å². The van der Waals surface area contributed by atoms with Gasteiger partial charge in [0.25, 0.3) is 5.91 Å². The van der Waals surface area contributed by atoms with Crippen molar-refractivity contribution in [3.8, 4) is 16.9 Å². The summed E-state index contributed by atoms with van der Waals surface area (Å²) in [6.45, 7) is 2.47. The summed E-state index contributed by atoms with van der Waals surface area (Å²) in [5.41, 5.74) is 3.23. The molecule has 3 rings (SSSR count). The van der Waals surface area contributed by atoms with Gasteiger partial charge >= 0.3 is 0 Å². The Morgan fingerprint density at radius 2 is 1.54 bits per heavy atom. The molecule has 0 spiro atoms. The van der Waals surface area contributed by atoms with Crippen molar-refractivity contribution in [1.29, 1.82) is 0 Å². The van der Waals surface area contributed by atoms with Crippen molar-refractivity contribution in [3.05, 3.63) is 84.4 Å². The molecule has 0 heterocycles. The van der Waals surface area contributed by atoms with Gasteiger partial charge in [0, 0.05) is 5.56 Å². The second kappa shape index (κ2) is 7.47. The van der Waals surface area contributed by atoms with E-state index in [1.807, 2.05) is 85.8 Å². The molecule has 0 saturated carbocycles. The normalized spacial score (nSPS) is 10.2. The lowest BCUT2D eigenvalue weighted by Gasteiger charge is -2.13. The van der Waals surface area contributed by atoms with Gasteiger partial charge in [0.15, 0.2) is 0 Å². The first-order chi connectivity index (χ1) is 11.8. The number of benzene rings is 3. The van der Waals surface area contributed by atoms with Crippen LogP contribution in [0.5, 0.6) is 5.75 Å². The number of rotatable bonds is 5. The van der Waals surface area contributed by atoms with E-state index in [1.165, 1.54) is 0 Å². The second-order valence-electron chi connectivity index (χ2n) is 5.29. The van der Waals surface area contributed by atoms with Gasteiger partial charge < -0.3 is 10.1 Å². The van der Waals surface area contributed by atoms with Crippen LogP contribution >= 0.6 is 0 Å². The third kappa shape index (κ3) is 3.46. The Bertz CT molecular complexity index is 828. The predicted molar refractivity (Wildman–Crippen MR) is 97.4 cm³/mol. The van der Waals surface area contributed by atoms with E-state index < -0.39 is 0 Å². The second-order valence-corrected chi connectivity index (χ2v) is 5.29. The Labute approximate surface area is 141 Å². The average molecular weight is 317 g/mol. The molecule has 0 atom stereocenters. The maximum atomic E-state index is 12.8. The van der Waals surface area contributed by atoms with Crippen LogP contribution in [0.4, 0.5) is 5.69 Å². The third-order valence-electron chi connectivity index (χ3n) is 3.69. The molecular weight excluding hydrogens is 298 g/mol. The first-order valence-corrected chi connectivity index (χ1v) is 7.97. The van der Waals surface area contributed by atoms with Crippen LogP contribution in [0.1, 0.15) is 17.3 Å². The molecule has 3 heteroatoms. The summed E-state index contributed by atoms with van der Waals surface area (Å²) in [6.07, 6.45) is 0. The van der Waals surface area contributed by atoms with Gasteiger partial charge in [-0.05, 0) is 36.2 Å². The average Bonchev–Trinajstić information content (AvgIpc) is 2.64. The lowest BCUT2D eigenvalue weighted by molar-refractivity contribution is 0.102. The van der Waals surface area contributed by atoms with E-state index in [2.05, 4.69) is 5.32 Å². The first kappa shape index (κ1) is 15.8. The molecule has 0 fully saturated rings. The van der Waals surface area contributed by atoms with Crippen LogP contribution in [0.25, 0.3) is 11.1 Å². The van der Waals surface area contributed by atoms with E-state index in [0.717, 1.165) is 11.1 Å². The van der Waals surface area contributed by atoms with Crippen molar-refractivity contribution in [3.63, 3.8) is 0 Å². The van der Waals surface area contributed by atoms with Gasteiger partial charge in [-0.15, -0.1) is 0 Å². The maximum Gasteiger partial charge on any atom is 0.256 e. The maximum absolute atomic E-state index is 12.8. The lowest BCUT2D eigenvalue weighted by Crippen LogP contribution is -2.14. The zero-order valence-corrected chi connectivity index (χ0v) is 13.5. The molecule has 0 aliphatic rings. The summed E-state index contributed by atoms with van der Waals surface area (Å²) in [5, 5.41) is 2.96. The zero-order chi connectivity index (χ0) is 16.8. The number of carbonyl (C=O) groups excluding carboxylic acids is 1. The highest BCUT2D eigenvalue weighted by Crippen LogP contribution is 2.27. The van der Waals surface area contributed by atoms with Crippen molar-refractivity contribution < 1.29 is 9.53 Å². The topological polar surface area (TPSA) is 38.3 Å². The summed E-state index contributed by atoms with van der Waals surface area (Å²) in [4.78, 5) is 12.8. The highest BCUT2D eigenvalue weighted by molar-refractivity contribution is 6.09. The van der Waals surface area contributed by atoms with Gasteiger partial charge in [-0.1, -0.05) is 60.7 Å². The minimum atomic E-state index is -0.151. The largest absolute Gasteiger partial charge is 0.492 e. The molecule has 120 valence electrons. The number of carbonyl (C=O) groups is 1. The summed E-state index contributed by atoms with van der Waals surface area (Å²) in [6, 6.07) is 25.0. The van der Waals surface area contributed by atoms with Crippen LogP contribution in [0.2, 0.25) is 0 Å². The fourth-order valence-corrected chi connectivity index (χ4v) is 2.59. The number of para-hydroxylation sites is 2. The van der Waals surface area contributed by atoms with Crippen molar-refractivity contribution in [2.24, 2.45) is 0 Å². The molecule has 1 N–H and O–H groups in total. The molecule has 0 radical (unpaired) electrons. The number of hydrogen-bond acceptors (Lipinski definition) is 2. The minimum absolute atomic E-state index is 0.151. The Morgan fingerprint density at radius 1 is 0.875 bits per heavy atom. The Hall–Kier alpha value is -3.07. The van der Waals surface area contributed by atoms with Crippen LogP contribution in [0.3, 0.4) is 0 Å². The van der Waals surface area contributed by atoms with Crippen molar-refractivity contribution in [1.82, 2.24) is 0 Å². The number of ether oxygens (including phenoxy) is 1. The smallest absolute Gasteiger partial charge is 0.256 e. The molecule has 0 aliphatic heterocycles. The standard InChI is InChI=1S/C21H19NO2/c1-2-24-20-15-9-8-14-19(20)22-21(23)18-13-7-6-12-17(18)16-10-4-3-5-11-16/h3-15H,2H2,1H3,(H,22,23). The van der Waals surface area contributed by atoms with E-state index >= 15 is 0 Å². The fraction of sp³-hybridized carbons (Fsp3) is 0.0952. The molecule has 0 aromatic heterocycles. The van der Waals surface area contributed by atoms with Crippen LogP contribution in [-0.4, -0.2) is 12.5 Å². The Kier molecular flexibility index (Phi) is 4.92. The zero-order valence-electron chi connectivity index (χ0n) is 13.5. The SMILES string of the molecule is CCOc1ccccc1NC(=O)c1ccccc1-c1ccccc1. The number of nitrogens with one attached hydrogen (secondary N) is 1. The van der Waals surface area contributed by atoms with Crippen molar-refractivity contribution in [2.45, 2.75) is 6.92 Å². The van der Waals surface area contributed by atoms with Crippen molar-refractivity contribution >= 4 is 11.6 Å². The number of hydrogen-bond donors (Lipinski definition) is 1. The van der Waals surface area contributed by atoms with Crippen LogP contribution in [0, 0.1) is 0 Å². The van der Waals surface area contributed by atoms with Crippen LogP contribution in [-0.2, 0) is 0 Å². The Morgan fingerprint density at radius 3 is 2.33 bits per heavy atom. The molecule has 3 nitrogen and oxygen atoms in total. The molecule has 3 aromatic rings. The van der Waals surface area contributed by atoms with E-state index in [1.54, 1.807) is 0 Å². The van der Waals surface area contributed by atoms with Gasteiger partial charge in [-0.3, -0.25) is 4.79 Å². The molecule has 0 bridgehead atoms. The highest BCUT2D eigenvalue weighted by atomic mass is 16.5. The molecular formula is C21H19NO2. The molecule has 1 amide bonds. The summed E-state index contributed by atoms with van der Waals surface area (Å²) < 4.78 is 5.57. The highest BCUT2D eigenvalue weighted by Gasteiger charge is 2.14. The van der Waals surface area contributed by atoms with Gasteiger partial charge in [0.05, 0.1) is 12.3 Å². The molecule has 3 aromatic carbocycles. The van der Waals surface area contributed by atoms with E-state index in [9.17, 15) is 4.79 Å². The summed E-state index contributed by atoms with van der Waals surface area (Å²) >= 11 is 0. The van der Waals surface area contributed by atoms with E-state index in [0.29, 0.717) is 23.6 Å². The van der Waals surface area contributed by atoms with Crippen LogP contribution < -0.4 is 10.1 Å². The summed E-state index contributed by atoms with van der Waals surface area (Å²) in [7, 11) is 0. The molecule has 24 heavy (non-hydrogen) atoms. The molecule has 0 saturated heterocycles. The third-order valence-corrected chi connectivity index (χ3v) is 3.69. The molecule has 0 aliphatic carbocycles. The van der Waals surface area contributed by atoms with Gasteiger partial charge in [-0.25, -0.2) is 0 Å². The van der Waals surface area contributed by atoms with Gasteiger partial charge in [0.2, 0.25) is 0 Å². The first-order valence-electron chi connectivity index (χ1n) is 7.97. The Balaban J connectivity index is 1.92. The molecule has 0 unspecified atom stereocenters. The van der Waals surface area contributed by atoms with E-state index in [4.69, 9.17) is 4.74 Å². The van der Waals surface area contributed by atoms with Crippen molar-refractivity contribution in [2.75, 3.05) is 11.9 Å². The predicted octanol–water partition coefficient (Wildman–Crippen LogP) is 5.00. The minimum Gasteiger partial charge on any atom is -0.492 e. The fourth-order valence-electron chi connectivity index (χ4n) is 2.59. The van der Waals surface area contributed by atoms with Gasteiger partial charge in [0.1, 0.15) is 5.75 Å².